The van der Waals surface area contributed by atoms with Crippen LogP contribution < -0.4 is 0 Å². The number of rotatable bonds is 3. The van der Waals surface area contributed by atoms with Crippen molar-refractivity contribution in [3.63, 3.8) is 0 Å². The van der Waals surface area contributed by atoms with Gasteiger partial charge in [-0.3, -0.25) is 0 Å². The van der Waals surface area contributed by atoms with Gasteiger partial charge in [0.1, 0.15) is 11.6 Å². The maximum absolute atomic E-state index is 12.9. The molecule has 12 heavy (non-hydrogen) atoms. The van der Waals surface area contributed by atoms with E-state index in [1.165, 1.54) is 18.2 Å². The molecule has 0 bridgehead atoms. The number of hydrogen-bond acceptors (Lipinski definition) is 0. The van der Waals surface area contributed by atoms with Gasteiger partial charge in [0.2, 0.25) is 0 Å². The van der Waals surface area contributed by atoms with E-state index in [1.807, 2.05) is 0 Å². The van der Waals surface area contributed by atoms with Gasteiger partial charge >= 0.3 is 0 Å². The molecule has 3 heteroatoms. The van der Waals surface area contributed by atoms with Crippen molar-refractivity contribution in [1.82, 2.24) is 0 Å². The molecule has 0 heterocycles. The minimum Gasteiger partial charge on any atom is -0.207 e. The van der Waals surface area contributed by atoms with E-state index in [2.05, 4.69) is 15.9 Å². The van der Waals surface area contributed by atoms with Crippen molar-refractivity contribution >= 4 is 15.9 Å². The van der Waals surface area contributed by atoms with E-state index in [4.69, 9.17) is 0 Å². The van der Waals surface area contributed by atoms with Crippen LogP contribution in [0.15, 0.2) is 18.2 Å². The Balaban J connectivity index is 2.81. The van der Waals surface area contributed by atoms with Crippen molar-refractivity contribution in [2.75, 3.05) is 5.33 Å². The number of halogens is 3. The number of hydrogen-bond donors (Lipinski definition) is 0. The van der Waals surface area contributed by atoms with E-state index in [0.29, 0.717) is 6.42 Å². The summed E-state index contributed by atoms with van der Waals surface area (Å²) < 4.78 is 25.8. The SMILES string of the molecule is Fc1cccc(F)c1CCCBr. The Morgan fingerprint density at radius 2 is 1.75 bits per heavy atom. The second kappa shape index (κ2) is 4.55. The molecule has 0 N–H and O–H groups in total. The Hall–Kier alpha value is -0.440. The lowest BCUT2D eigenvalue weighted by Gasteiger charge is -2.02. The second-order valence-corrected chi connectivity index (χ2v) is 3.29. The summed E-state index contributed by atoms with van der Waals surface area (Å²) in [5.74, 6) is -0.896. The molecule has 0 radical (unpaired) electrons. The Labute approximate surface area is 78.7 Å². The third-order valence-corrected chi connectivity index (χ3v) is 2.18. The molecule has 0 nitrogen and oxygen atoms in total. The van der Waals surface area contributed by atoms with Crippen LogP contribution in [0.5, 0.6) is 0 Å². The monoisotopic (exact) mass is 234 g/mol. The van der Waals surface area contributed by atoms with E-state index in [1.54, 1.807) is 0 Å². The van der Waals surface area contributed by atoms with Gasteiger partial charge in [0.05, 0.1) is 0 Å². The fourth-order valence-corrected chi connectivity index (χ4v) is 1.30. The molecule has 0 saturated carbocycles. The molecule has 1 aromatic carbocycles. The molecule has 66 valence electrons. The Morgan fingerprint density at radius 3 is 2.25 bits per heavy atom. The molecule has 0 spiro atoms. The summed E-state index contributed by atoms with van der Waals surface area (Å²) in [5, 5.41) is 0.765. The molecular formula is C9H9BrF2. The first kappa shape index (κ1) is 9.65. The van der Waals surface area contributed by atoms with Crippen LogP contribution >= 0.6 is 15.9 Å². The Kier molecular flexibility index (Phi) is 3.66. The maximum atomic E-state index is 12.9. The summed E-state index contributed by atoms with van der Waals surface area (Å²) in [4.78, 5) is 0. The first-order chi connectivity index (χ1) is 5.75. The lowest BCUT2D eigenvalue weighted by atomic mass is 10.1. The fourth-order valence-electron chi connectivity index (χ4n) is 1.01. The van der Waals surface area contributed by atoms with Crippen LogP contribution in [0.2, 0.25) is 0 Å². The minimum atomic E-state index is -0.448. The van der Waals surface area contributed by atoms with E-state index >= 15 is 0 Å². The van der Waals surface area contributed by atoms with Crippen LogP contribution in [0.3, 0.4) is 0 Å². The van der Waals surface area contributed by atoms with Gasteiger partial charge in [0.25, 0.3) is 0 Å². The van der Waals surface area contributed by atoms with E-state index in [0.717, 1.165) is 11.8 Å². The van der Waals surface area contributed by atoms with E-state index < -0.39 is 11.6 Å². The highest BCUT2D eigenvalue weighted by Gasteiger charge is 2.06. The molecule has 0 unspecified atom stereocenters. The summed E-state index contributed by atoms with van der Waals surface area (Å²) >= 11 is 3.21. The summed E-state index contributed by atoms with van der Waals surface area (Å²) in [6, 6.07) is 3.95. The molecule has 0 aliphatic heterocycles. The zero-order valence-corrected chi connectivity index (χ0v) is 8.07. The van der Waals surface area contributed by atoms with Gasteiger partial charge in [-0.05, 0) is 25.0 Å². The lowest BCUT2D eigenvalue weighted by molar-refractivity contribution is 0.553. The standard InChI is InChI=1S/C9H9BrF2/c10-6-2-3-7-8(11)4-1-5-9(7)12/h1,4-5H,2-3,6H2. The summed E-state index contributed by atoms with van der Waals surface area (Å²) in [7, 11) is 0. The summed E-state index contributed by atoms with van der Waals surface area (Å²) in [6.07, 6.45) is 1.20. The van der Waals surface area contributed by atoms with Crippen molar-refractivity contribution in [1.29, 1.82) is 0 Å². The smallest absolute Gasteiger partial charge is 0.129 e. The highest BCUT2D eigenvalue weighted by atomic mass is 79.9. The molecule has 0 saturated heterocycles. The topological polar surface area (TPSA) is 0 Å². The maximum Gasteiger partial charge on any atom is 0.129 e. The molecule has 0 aliphatic carbocycles. The quantitative estimate of drug-likeness (QED) is 0.705. The molecule has 0 fully saturated rings. The summed E-state index contributed by atoms with van der Waals surface area (Å²) in [5.41, 5.74) is 0.192. The first-order valence-corrected chi connectivity index (χ1v) is 4.86. The number of alkyl halides is 1. The van der Waals surface area contributed by atoms with Gasteiger partial charge in [0.15, 0.2) is 0 Å². The Bertz CT molecular complexity index is 240. The zero-order chi connectivity index (χ0) is 8.97. The van der Waals surface area contributed by atoms with Gasteiger partial charge in [0, 0.05) is 10.9 Å². The molecule has 0 amide bonds. The van der Waals surface area contributed by atoms with Gasteiger partial charge < -0.3 is 0 Å². The first-order valence-electron chi connectivity index (χ1n) is 3.74. The van der Waals surface area contributed by atoms with Crippen molar-refractivity contribution in [2.45, 2.75) is 12.8 Å². The molecular weight excluding hydrogens is 226 g/mol. The largest absolute Gasteiger partial charge is 0.207 e. The average molecular weight is 235 g/mol. The minimum absolute atomic E-state index is 0.192. The predicted octanol–water partition coefficient (Wildman–Crippen LogP) is 3.29. The van der Waals surface area contributed by atoms with Crippen LogP contribution in [0, 0.1) is 11.6 Å². The van der Waals surface area contributed by atoms with Crippen LogP contribution in [0.25, 0.3) is 0 Å². The summed E-state index contributed by atoms with van der Waals surface area (Å²) in [6.45, 7) is 0. The second-order valence-electron chi connectivity index (χ2n) is 2.49. The van der Waals surface area contributed by atoms with Gasteiger partial charge in [-0.25, -0.2) is 8.78 Å². The molecule has 1 rings (SSSR count). The van der Waals surface area contributed by atoms with Crippen LogP contribution in [-0.2, 0) is 6.42 Å². The normalized spacial score (nSPS) is 10.2. The highest BCUT2D eigenvalue weighted by molar-refractivity contribution is 9.09. The van der Waals surface area contributed by atoms with Gasteiger partial charge in [-0.15, -0.1) is 0 Å². The van der Waals surface area contributed by atoms with Crippen molar-refractivity contribution in [3.05, 3.63) is 35.4 Å². The third kappa shape index (κ3) is 2.27. The predicted molar refractivity (Wildman–Crippen MR) is 48.5 cm³/mol. The van der Waals surface area contributed by atoms with Crippen molar-refractivity contribution in [2.24, 2.45) is 0 Å². The fraction of sp³-hybridized carbons (Fsp3) is 0.333. The van der Waals surface area contributed by atoms with E-state index in [9.17, 15) is 8.78 Å². The van der Waals surface area contributed by atoms with Crippen LogP contribution in [0.4, 0.5) is 8.78 Å². The Morgan fingerprint density at radius 1 is 1.17 bits per heavy atom. The molecule has 0 aliphatic rings. The zero-order valence-electron chi connectivity index (χ0n) is 6.49. The highest BCUT2D eigenvalue weighted by Crippen LogP contribution is 2.14. The van der Waals surface area contributed by atoms with Crippen LogP contribution in [-0.4, -0.2) is 5.33 Å². The average Bonchev–Trinajstić information content (AvgIpc) is 2.04. The molecule has 0 aromatic heterocycles. The third-order valence-electron chi connectivity index (χ3n) is 1.62. The number of benzene rings is 1. The van der Waals surface area contributed by atoms with Crippen LogP contribution in [0.1, 0.15) is 12.0 Å². The van der Waals surface area contributed by atoms with Gasteiger partial charge in [-0.1, -0.05) is 22.0 Å². The lowest BCUT2D eigenvalue weighted by Crippen LogP contribution is -1.95. The molecule has 0 atom stereocenters. The van der Waals surface area contributed by atoms with E-state index in [-0.39, 0.29) is 5.56 Å². The van der Waals surface area contributed by atoms with Crippen molar-refractivity contribution < 1.29 is 8.78 Å². The van der Waals surface area contributed by atoms with Crippen molar-refractivity contribution in [3.8, 4) is 0 Å². The van der Waals surface area contributed by atoms with Gasteiger partial charge in [-0.2, -0.15) is 0 Å². The molecule has 1 aromatic rings.